The molecule has 0 bridgehead atoms. The number of amides is 1. The number of carbonyl (C=O) groups is 1. The smallest absolute Gasteiger partial charge is 0.282 e. The first-order valence-electron chi connectivity index (χ1n) is 7.34. The SMILES string of the molecule is CNCCC1CCCCN1C(=O)c1ccccc1[N+](=O)[O-]. The van der Waals surface area contributed by atoms with Crippen LogP contribution >= 0.6 is 0 Å². The molecule has 1 saturated heterocycles. The quantitative estimate of drug-likeness (QED) is 0.666. The summed E-state index contributed by atoms with van der Waals surface area (Å²) in [6, 6.07) is 6.36. The van der Waals surface area contributed by atoms with E-state index >= 15 is 0 Å². The monoisotopic (exact) mass is 291 g/mol. The minimum absolute atomic E-state index is 0.111. The fourth-order valence-electron chi connectivity index (χ4n) is 2.85. The zero-order valence-electron chi connectivity index (χ0n) is 12.2. The molecular formula is C15H21N3O3. The van der Waals surface area contributed by atoms with E-state index in [4.69, 9.17) is 0 Å². The highest BCUT2D eigenvalue weighted by molar-refractivity contribution is 5.98. The van der Waals surface area contributed by atoms with E-state index in [0.29, 0.717) is 6.54 Å². The third-order valence-electron chi connectivity index (χ3n) is 3.95. The van der Waals surface area contributed by atoms with Gasteiger partial charge in [0.25, 0.3) is 11.6 Å². The summed E-state index contributed by atoms with van der Waals surface area (Å²) in [6.07, 6.45) is 3.91. The molecular weight excluding hydrogens is 270 g/mol. The predicted octanol–water partition coefficient (Wildman–Crippen LogP) is 2.20. The van der Waals surface area contributed by atoms with Gasteiger partial charge in [-0.25, -0.2) is 0 Å². The lowest BCUT2D eigenvalue weighted by atomic mass is 9.98. The summed E-state index contributed by atoms with van der Waals surface area (Å²) in [4.78, 5) is 25.1. The molecule has 1 aliphatic heterocycles. The van der Waals surface area contributed by atoms with Gasteiger partial charge in [-0.1, -0.05) is 12.1 Å². The average Bonchev–Trinajstić information content (AvgIpc) is 2.52. The third kappa shape index (κ3) is 3.58. The molecule has 6 nitrogen and oxygen atoms in total. The van der Waals surface area contributed by atoms with Crippen molar-refractivity contribution in [2.45, 2.75) is 31.7 Å². The number of nitro groups is 1. The lowest BCUT2D eigenvalue weighted by molar-refractivity contribution is -0.385. The van der Waals surface area contributed by atoms with Crippen LogP contribution in [0.1, 0.15) is 36.0 Å². The van der Waals surface area contributed by atoms with Gasteiger partial charge in [-0.15, -0.1) is 0 Å². The molecule has 0 spiro atoms. The number of carbonyl (C=O) groups excluding carboxylic acids is 1. The van der Waals surface area contributed by atoms with Crippen molar-refractivity contribution in [1.29, 1.82) is 0 Å². The maximum absolute atomic E-state index is 12.7. The molecule has 1 N–H and O–H groups in total. The van der Waals surface area contributed by atoms with E-state index in [0.717, 1.165) is 32.2 Å². The number of benzene rings is 1. The molecule has 114 valence electrons. The number of nitrogens with one attached hydrogen (secondary N) is 1. The van der Waals surface area contributed by atoms with Gasteiger partial charge >= 0.3 is 0 Å². The molecule has 0 saturated carbocycles. The Hall–Kier alpha value is -1.95. The second-order valence-corrected chi connectivity index (χ2v) is 5.31. The van der Waals surface area contributed by atoms with Crippen molar-refractivity contribution < 1.29 is 9.72 Å². The first kappa shape index (κ1) is 15.4. The lowest BCUT2D eigenvalue weighted by Gasteiger charge is -2.35. The molecule has 1 amide bonds. The molecule has 0 radical (unpaired) electrons. The zero-order chi connectivity index (χ0) is 15.2. The van der Waals surface area contributed by atoms with E-state index < -0.39 is 4.92 Å². The number of para-hydroxylation sites is 1. The van der Waals surface area contributed by atoms with E-state index in [1.165, 1.54) is 6.07 Å². The van der Waals surface area contributed by atoms with Crippen LogP contribution in [0.2, 0.25) is 0 Å². The Bertz CT molecular complexity index is 519. The molecule has 1 fully saturated rings. The fraction of sp³-hybridized carbons (Fsp3) is 0.533. The number of rotatable bonds is 5. The Morgan fingerprint density at radius 2 is 2.19 bits per heavy atom. The highest BCUT2D eigenvalue weighted by Crippen LogP contribution is 2.25. The summed E-state index contributed by atoms with van der Waals surface area (Å²) in [5.41, 5.74) is 0.0827. The van der Waals surface area contributed by atoms with E-state index in [1.807, 2.05) is 11.9 Å². The van der Waals surface area contributed by atoms with Gasteiger partial charge in [0.05, 0.1) is 4.92 Å². The molecule has 1 unspecified atom stereocenters. The summed E-state index contributed by atoms with van der Waals surface area (Å²) < 4.78 is 0. The molecule has 6 heteroatoms. The van der Waals surface area contributed by atoms with Crippen LogP contribution in [0, 0.1) is 10.1 Å². The van der Waals surface area contributed by atoms with Crippen LogP contribution in [0.5, 0.6) is 0 Å². The van der Waals surface area contributed by atoms with Gasteiger partial charge in [-0.05, 0) is 45.3 Å². The van der Waals surface area contributed by atoms with Gasteiger partial charge in [-0.2, -0.15) is 0 Å². The van der Waals surface area contributed by atoms with E-state index in [9.17, 15) is 14.9 Å². The van der Waals surface area contributed by atoms with E-state index in [2.05, 4.69) is 5.32 Å². The lowest BCUT2D eigenvalue weighted by Crippen LogP contribution is -2.45. The van der Waals surface area contributed by atoms with Crippen molar-refractivity contribution in [2.24, 2.45) is 0 Å². The first-order chi connectivity index (χ1) is 10.1. The average molecular weight is 291 g/mol. The van der Waals surface area contributed by atoms with Crippen LogP contribution < -0.4 is 5.32 Å². The number of likely N-dealkylation sites (tertiary alicyclic amines) is 1. The van der Waals surface area contributed by atoms with Crippen molar-refractivity contribution in [1.82, 2.24) is 10.2 Å². The Morgan fingerprint density at radius 1 is 1.43 bits per heavy atom. The fourth-order valence-corrected chi connectivity index (χ4v) is 2.85. The molecule has 21 heavy (non-hydrogen) atoms. The second kappa shape index (κ2) is 7.17. The Kier molecular flexibility index (Phi) is 5.27. The first-order valence-corrected chi connectivity index (χ1v) is 7.34. The maximum Gasteiger partial charge on any atom is 0.282 e. The van der Waals surface area contributed by atoms with Gasteiger partial charge in [0, 0.05) is 18.7 Å². The van der Waals surface area contributed by atoms with Crippen LogP contribution in [0.15, 0.2) is 24.3 Å². The van der Waals surface area contributed by atoms with Gasteiger partial charge < -0.3 is 10.2 Å². The molecule has 1 aromatic carbocycles. The third-order valence-corrected chi connectivity index (χ3v) is 3.95. The van der Waals surface area contributed by atoms with Crippen molar-refractivity contribution in [3.8, 4) is 0 Å². The highest BCUT2D eigenvalue weighted by atomic mass is 16.6. The van der Waals surface area contributed by atoms with Crippen molar-refractivity contribution in [3.05, 3.63) is 39.9 Å². The standard InChI is InChI=1S/C15H21N3O3/c1-16-10-9-12-6-4-5-11-17(12)15(19)13-7-2-3-8-14(13)18(20)21/h2-3,7-8,12,16H,4-6,9-11H2,1H3. The van der Waals surface area contributed by atoms with E-state index in [1.54, 1.807) is 18.2 Å². The normalized spacial score (nSPS) is 18.5. The van der Waals surface area contributed by atoms with Crippen molar-refractivity contribution in [2.75, 3.05) is 20.1 Å². The van der Waals surface area contributed by atoms with Crippen LogP contribution in [-0.4, -0.2) is 41.9 Å². The summed E-state index contributed by atoms with van der Waals surface area (Å²) in [7, 11) is 1.89. The Labute approximate surface area is 124 Å². The molecule has 0 aliphatic carbocycles. The number of piperidine rings is 1. The van der Waals surface area contributed by atoms with Gasteiger partial charge in [-0.3, -0.25) is 14.9 Å². The maximum atomic E-state index is 12.7. The van der Waals surface area contributed by atoms with Gasteiger partial charge in [0.2, 0.25) is 0 Å². The second-order valence-electron chi connectivity index (χ2n) is 5.31. The summed E-state index contributed by atoms with van der Waals surface area (Å²) >= 11 is 0. The topological polar surface area (TPSA) is 75.5 Å². The largest absolute Gasteiger partial charge is 0.335 e. The number of hydrogen-bond acceptors (Lipinski definition) is 4. The number of hydrogen-bond donors (Lipinski definition) is 1. The molecule has 1 atom stereocenters. The van der Waals surface area contributed by atoms with Gasteiger partial charge in [0.15, 0.2) is 0 Å². The minimum Gasteiger partial charge on any atom is -0.335 e. The van der Waals surface area contributed by atoms with Crippen LogP contribution in [0.4, 0.5) is 5.69 Å². The number of nitrogens with zero attached hydrogens (tertiary/aromatic N) is 2. The molecule has 1 heterocycles. The molecule has 1 aromatic rings. The summed E-state index contributed by atoms with van der Waals surface area (Å²) in [6.45, 7) is 1.52. The predicted molar refractivity (Wildman–Crippen MR) is 80.3 cm³/mol. The van der Waals surface area contributed by atoms with Crippen molar-refractivity contribution in [3.63, 3.8) is 0 Å². The van der Waals surface area contributed by atoms with Crippen LogP contribution in [0.3, 0.4) is 0 Å². The number of nitro benzene ring substituents is 1. The van der Waals surface area contributed by atoms with E-state index in [-0.39, 0.29) is 23.2 Å². The van der Waals surface area contributed by atoms with Crippen LogP contribution in [-0.2, 0) is 0 Å². The Morgan fingerprint density at radius 3 is 2.90 bits per heavy atom. The zero-order valence-corrected chi connectivity index (χ0v) is 12.2. The Balaban J connectivity index is 2.22. The highest BCUT2D eigenvalue weighted by Gasteiger charge is 2.30. The van der Waals surface area contributed by atoms with Crippen molar-refractivity contribution >= 4 is 11.6 Å². The summed E-state index contributed by atoms with van der Waals surface area (Å²) in [5.74, 6) is -0.219. The summed E-state index contributed by atoms with van der Waals surface area (Å²) in [5, 5.41) is 14.2. The molecule has 1 aliphatic rings. The molecule has 0 aromatic heterocycles. The molecule has 2 rings (SSSR count). The van der Waals surface area contributed by atoms with Crippen LogP contribution in [0.25, 0.3) is 0 Å². The van der Waals surface area contributed by atoms with Gasteiger partial charge in [0.1, 0.15) is 5.56 Å². The minimum atomic E-state index is -0.486.